The van der Waals surface area contributed by atoms with E-state index in [1.165, 1.54) is 5.69 Å². The quantitative estimate of drug-likeness (QED) is 0.797. The fourth-order valence-corrected chi connectivity index (χ4v) is 2.48. The lowest BCUT2D eigenvalue weighted by atomic mass is 10.1. The zero-order valence-electron chi connectivity index (χ0n) is 14.0. The largest absolute Gasteiger partial charge is 0.372 e. The Bertz CT molecular complexity index is 673. The molecule has 0 saturated heterocycles. The summed E-state index contributed by atoms with van der Waals surface area (Å²) in [6.07, 6.45) is 3.38. The zero-order valence-corrected chi connectivity index (χ0v) is 14.0. The molecule has 0 aromatic heterocycles. The summed E-state index contributed by atoms with van der Waals surface area (Å²) in [6, 6.07) is 15.9. The van der Waals surface area contributed by atoms with Gasteiger partial charge < -0.3 is 10.2 Å². The molecule has 0 unspecified atom stereocenters. The Kier molecular flexibility index (Phi) is 5.98. The van der Waals surface area contributed by atoms with E-state index in [-0.39, 0.29) is 5.91 Å². The molecule has 0 aliphatic rings. The zero-order chi connectivity index (χ0) is 16.7. The molecule has 0 heterocycles. The fourth-order valence-electron chi connectivity index (χ4n) is 2.48. The molecule has 0 saturated carbocycles. The number of hydrogen-bond acceptors (Lipinski definition) is 2. The lowest BCUT2D eigenvalue weighted by Gasteiger charge is -2.22. The van der Waals surface area contributed by atoms with Crippen molar-refractivity contribution in [3.05, 3.63) is 65.7 Å². The van der Waals surface area contributed by atoms with E-state index < -0.39 is 0 Å². The summed E-state index contributed by atoms with van der Waals surface area (Å²) < 4.78 is 0. The van der Waals surface area contributed by atoms with E-state index in [1.54, 1.807) is 6.08 Å². The molecule has 0 spiro atoms. The highest BCUT2D eigenvalue weighted by Crippen LogP contribution is 2.22. The number of benzene rings is 2. The minimum atomic E-state index is -0.118. The highest BCUT2D eigenvalue weighted by atomic mass is 16.1. The van der Waals surface area contributed by atoms with Crippen molar-refractivity contribution in [3.8, 4) is 0 Å². The molecule has 3 nitrogen and oxygen atoms in total. The van der Waals surface area contributed by atoms with Crippen molar-refractivity contribution in [3.63, 3.8) is 0 Å². The second kappa shape index (κ2) is 8.18. The van der Waals surface area contributed by atoms with Crippen molar-refractivity contribution in [1.82, 2.24) is 0 Å². The van der Waals surface area contributed by atoms with E-state index >= 15 is 0 Å². The maximum absolute atomic E-state index is 12.1. The number of aryl methyl sites for hydroxylation is 1. The van der Waals surface area contributed by atoms with Gasteiger partial charge in [-0.15, -0.1) is 0 Å². The number of carbonyl (C=O) groups excluding carboxylic acids is 1. The fraction of sp³-hybridized carbons (Fsp3) is 0.250. The summed E-state index contributed by atoms with van der Waals surface area (Å²) in [5.41, 5.74) is 4.11. The van der Waals surface area contributed by atoms with Gasteiger partial charge in [-0.2, -0.15) is 0 Å². The van der Waals surface area contributed by atoms with Crippen LogP contribution in [-0.4, -0.2) is 19.0 Å². The molecule has 0 aliphatic heterocycles. The number of carbonyl (C=O) groups is 1. The van der Waals surface area contributed by atoms with Crippen LogP contribution in [0.4, 0.5) is 11.4 Å². The summed E-state index contributed by atoms with van der Waals surface area (Å²) in [7, 11) is 0. The van der Waals surface area contributed by atoms with E-state index in [9.17, 15) is 4.79 Å². The van der Waals surface area contributed by atoms with Crippen molar-refractivity contribution in [1.29, 1.82) is 0 Å². The van der Waals surface area contributed by atoms with Gasteiger partial charge in [-0.25, -0.2) is 0 Å². The number of nitrogens with zero attached hydrogens (tertiary/aromatic N) is 1. The van der Waals surface area contributed by atoms with Crippen LogP contribution in [0.15, 0.2) is 54.6 Å². The first kappa shape index (κ1) is 16.8. The van der Waals surface area contributed by atoms with Gasteiger partial charge in [0.15, 0.2) is 0 Å². The average molecular weight is 308 g/mol. The van der Waals surface area contributed by atoms with Crippen molar-refractivity contribution < 1.29 is 4.79 Å². The molecule has 3 heteroatoms. The summed E-state index contributed by atoms with van der Waals surface area (Å²) >= 11 is 0. The van der Waals surface area contributed by atoms with E-state index in [2.05, 4.69) is 36.2 Å². The Balaban J connectivity index is 2.05. The number of amides is 1. The summed E-state index contributed by atoms with van der Waals surface area (Å²) in [5.74, 6) is -0.118. The van der Waals surface area contributed by atoms with Crippen LogP contribution < -0.4 is 10.2 Å². The molecule has 2 aromatic rings. The standard InChI is InChI=1S/C20H24N2O/c1-4-22(5-2)18-12-13-19(16(3)15-18)21-20(23)14-11-17-9-7-6-8-10-17/h6-15H,4-5H2,1-3H3,(H,21,23)/b14-11+. The molecular formula is C20H24N2O. The van der Waals surface area contributed by atoms with Crippen molar-refractivity contribution in [2.24, 2.45) is 0 Å². The van der Waals surface area contributed by atoms with Gasteiger partial charge in [0, 0.05) is 30.5 Å². The highest BCUT2D eigenvalue weighted by molar-refractivity contribution is 6.02. The second-order valence-corrected chi connectivity index (χ2v) is 5.40. The highest BCUT2D eigenvalue weighted by Gasteiger charge is 2.06. The normalized spacial score (nSPS) is 10.7. The van der Waals surface area contributed by atoms with Crippen molar-refractivity contribution >= 4 is 23.4 Å². The van der Waals surface area contributed by atoms with E-state index in [1.807, 2.05) is 49.4 Å². The molecule has 120 valence electrons. The van der Waals surface area contributed by atoms with Crippen LogP contribution in [0.3, 0.4) is 0 Å². The third kappa shape index (κ3) is 4.71. The van der Waals surface area contributed by atoms with Gasteiger partial charge in [-0.05, 0) is 56.2 Å². The summed E-state index contributed by atoms with van der Waals surface area (Å²) in [4.78, 5) is 14.3. The van der Waals surface area contributed by atoms with Crippen LogP contribution in [0.5, 0.6) is 0 Å². The first-order valence-corrected chi connectivity index (χ1v) is 8.03. The second-order valence-electron chi connectivity index (χ2n) is 5.40. The minimum absolute atomic E-state index is 0.118. The lowest BCUT2D eigenvalue weighted by molar-refractivity contribution is -0.111. The molecule has 2 rings (SSSR count). The Hall–Kier alpha value is -2.55. The number of nitrogens with one attached hydrogen (secondary N) is 1. The first-order valence-electron chi connectivity index (χ1n) is 8.03. The maximum Gasteiger partial charge on any atom is 0.248 e. The Labute approximate surface area is 138 Å². The van der Waals surface area contributed by atoms with Gasteiger partial charge in [0.1, 0.15) is 0 Å². The smallest absolute Gasteiger partial charge is 0.248 e. The third-order valence-electron chi connectivity index (χ3n) is 3.82. The van der Waals surface area contributed by atoms with Gasteiger partial charge in [-0.1, -0.05) is 30.3 Å². The van der Waals surface area contributed by atoms with Gasteiger partial charge in [-0.3, -0.25) is 4.79 Å². The van der Waals surface area contributed by atoms with E-state index in [0.29, 0.717) is 0 Å². The molecule has 0 bridgehead atoms. The molecule has 0 radical (unpaired) electrons. The van der Waals surface area contributed by atoms with Gasteiger partial charge in [0.25, 0.3) is 0 Å². The van der Waals surface area contributed by atoms with Crippen molar-refractivity contribution in [2.75, 3.05) is 23.3 Å². The molecule has 23 heavy (non-hydrogen) atoms. The molecule has 2 aromatic carbocycles. The number of hydrogen-bond donors (Lipinski definition) is 1. The molecule has 0 atom stereocenters. The SMILES string of the molecule is CCN(CC)c1ccc(NC(=O)/C=C/c2ccccc2)c(C)c1. The van der Waals surface area contributed by atoms with Gasteiger partial charge in [0.05, 0.1) is 0 Å². The maximum atomic E-state index is 12.1. The molecule has 0 fully saturated rings. The third-order valence-corrected chi connectivity index (χ3v) is 3.82. The van der Waals surface area contributed by atoms with Crippen LogP contribution in [0, 0.1) is 6.92 Å². The molecule has 1 amide bonds. The summed E-state index contributed by atoms with van der Waals surface area (Å²) in [5, 5.41) is 2.94. The Morgan fingerprint density at radius 3 is 2.39 bits per heavy atom. The molecule has 0 aliphatic carbocycles. The monoisotopic (exact) mass is 308 g/mol. The number of rotatable bonds is 6. The van der Waals surface area contributed by atoms with Gasteiger partial charge >= 0.3 is 0 Å². The van der Waals surface area contributed by atoms with Crippen molar-refractivity contribution in [2.45, 2.75) is 20.8 Å². The van der Waals surface area contributed by atoms with Crippen LogP contribution in [0.2, 0.25) is 0 Å². The average Bonchev–Trinajstić information content (AvgIpc) is 2.57. The lowest BCUT2D eigenvalue weighted by Crippen LogP contribution is -2.22. The predicted molar refractivity (Wildman–Crippen MR) is 98.8 cm³/mol. The first-order chi connectivity index (χ1) is 11.1. The van der Waals surface area contributed by atoms with Crippen LogP contribution in [0.25, 0.3) is 6.08 Å². The molecule has 1 N–H and O–H groups in total. The Morgan fingerprint density at radius 1 is 1.09 bits per heavy atom. The van der Waals surface area contributed by atoms with E-state index in [4.69, 9.17) is 0 Å². The predicted octanol–water partition coefficient (Wildman–Crippen LogP) is 4.49. The number of anilines is 2. The van der Waals surface area contributed by atoms with E-state index in [0.717, 1.165) is 29.9 Å². The van der Waals surface area contributed by atoms with Crippen LogP contribution >= 0.6 is 0 Å². The van der Waals surface area contributed by atoms with Crippen LogP contribution in [0.1, 0.15) is 25.0 Å². The molecular weight excluding hydrogens is 284 g/mol. The minimum Gasteiger partial charge on any atom is -0.372 e. The van der Waals surface area contributed by atoms with Gasteiger partial charge in [0.2, 0.25) is 5.91 Å². The Morgan fingerprint density at radius 2 is 1.78 bits per heavy atom. The summed E-state index contributed by atoms with van der Waals surface area (Å²) in [6.45, 7) is 8.25. The topological polar surface area (TPSA) is 32.3 Å². The van der Waals surface area contributed by atoms with Crippen LogP contribution in [-0.2, 0) is 4.79 Å².